The molecule has 1 heterocycles. The first-order valence-electron chi connectivity index (χ1n) is 13.3. The Labute approximate surface area is 230 Å². The van der Waals surface area contributed by atoms with Crippen molar-refractivity contribution in [3.63, 3.8) is 0 Å². The molecule has 2 amide bonds. The molecule has 1 radical (unpaired) electrons. The number of hydrogen-bond donors (Lipinski definition) is 2. The van der Waals surface area contributed by atoms with Crippen LogP contribution in [0.2, 0.25) is 5.02 Å². The first-order chi connectivity index (χ1) is 18.0. The second-order valence-corrected chi connectivity index (χ2v) is 11.5. The molecule has 0 bridgehead atoms. The number of halogens is 1. The number of primary amides is 1. The summed E-state index contributed by atoms with van der Waals surface area (Å²) < 4.78 is 0. The van der Waals surface area contributed by atoms with Gasteiger partial charge in [-0.1, -0.05) is 66.5 Å². The van der Waals surface area contributed by atoms with Gasteiger partial charge in [-0.15, -0.1) is 0 Å². The van der Waals surface area contributed by atoms with E-state index in [1.807, 2.05) is 29.2 Å². The number of carbonyl (C=O) groups excluding carboxylic acids is 2. The Morgan fingerprint density at radius 2 is 1.81 bits per heavy atom. The third kappa shape index (κ3) is 9.24. The lowest BCUT2D eigenvalue weighted by atomic mass is 10.1. The average Bonchev–Trinajstić information content (AvgIpc) is 3.72. The summed E-state index contributed by atoms with van der Waals surface area (Å²) in [6, 6.07) is 16.7. The number of thioether (sulfide) groups is 1. The van der Waals surface area contributed by atoms with Gasteiger partial charge in [0.2, 0.25) is 5.91 Å². The van der Waals surface area contributed by atoms with Crippen LogP contribution in [0.3, 0.4) is 0 Å². The van der Waals surface area contributed by atoms with Gasteiger partial charge in [0.25, 0.3) is 5.24 Å². The number of amides is 2. The van der Waals surface area contributed by atoms with Crippen molar-refractivity contribution in [2.24, 2.45) is 11.7 Å². The highest BCUT2D eigenvalue weighted by molar-refractivity contribution is 8.13. The van der Waals surface area contributed by atoms with Gasteiger partial charge in [-0.2, -0.15) is 0 Å². The monoisotopic (exact) mass is 541 g/mol. The predicted octanol–water partition coefficient (Wildman–Crippen LogP) is 4.94. The van der Waals surface area contributed by atoms with E-state index in [4.69, 9.17) is 17.3 Å². The Balaban J connectivity index is 1.23. The van der Waals surface area contributed by atoms with Crippen LogP contribution in [0.25, 0.3) is 0 Å². The number of benzene rings is 2. The van der Waals surface area contributed by atoms with Crippen LogP contribution in [-0.4, -0.2) is 60.6 Å². The molecule has 8 heteroatoms. The van der Waals surface area contributed by atoms with E-state index >= 15 is 0 Å². The van der Waals surface area contributed by atoms with Gasteiger partial charge in [-0.05, 0) is 67.5 Å². The highest BCUT2D eigenvalue weighted by Gasteiger charge is 2.26. The maximum atomic E-state index is 12.7. The average molecular weight is 542 g/mol. The number of rotatable bonds is 13. The van der Waals surface area contributed by atoms with Gasteiger partial charge in [0.15, 0.2) is 0 Å². The van der Waals surface area contributed by atoms with Gasteiger partial charge in [-0.25, -0.2) is 0 Å². The molecule has 1 saturated carbocycles. The minimum absolute atomic E-state index is 0.100. The number of piperazine rings is 1. The normalized spacial score (nSPS) is 16.6. The molecule has 0 aromatic heterocycles. The van der Waals surface area contributed by atoms with Crippen molar-refractivity contribution in [1.82, 2.24) is 10.2 Å². The van der Waals surface area contributed by atoms with E-state index in [1.165, 1.54) is 42.3 Å². The fourth-order valence-electron chi connectivity index (χ4n) is 4.93. The summed E-state index contributed by atoms with van der Waals surface area (Å²) in [5.74, 6) is 1.71. The van der Waals surface area contributed by atoms with Gasteiger partial charge in [0, 0.05) is 48.7 Å². The van der Waals surface area contributed by atoms with Crippen molar-refractivity contribution >= 4 is 40.2 Å². The molecule has 37 heavy (non-hydrogen) atoms. The lowest BCUT2D eigenvalue weighted by Crippen LogP contribution is -2.49. The van der Waals surface area contributed by atoms with Gasteiger partial charge in [0.1, 0.15) is 0 Å². The van der Waals surface area contributed by atoms with Crippen LogP contribution in [0.15, 0.2) is 48.5 Å². The molecule has 2 aromatic carbocycles. The molecular weight excluding hydrogens is 504 g/mol. The largest absolute Gasteiger partial charge is 0.368 e. The molecule has 199 valence electrons. The van der Waals surface area contributed by atoms with E-state index in [-0.39, 0.29) is 11.1 Å². The Bertz CT molecular complexity index is 1020. The molecular formula is C29H38ClN4O2S. The van der Waals surface area contributed by atoms with Crippen molar-refractivity contribution in [2.75, 3.05) is 43.4 Å². The van der Waals surface area contributed by atoms with E-state index in [9.17, 15) is 9.59 Å². The molecule has 2 aliphatic rings. The molecule has 4 rings (SSSR count). The lowest BCUT2D eigenvalue weighted by Gasteiger charge is -2.37. The molecule has 3 N–H and O–H groups in total. The number of carbonyl (C=O) groups is 2. The van der Waals surface area contributed by atoms with Gasteiger partial charge in [0.05, 0.1) is 6.42 Å². The summed E-state index contributed by atoms with van der Waals surface area (Å²) in [6.45, 7) is 4.03. The highest BCUT2D eigenvalue weighted by Crippen LogP contribution is 2.34. The third-order valence-electron chi connectivity index (χ3n) is 7.20. The Hall–Kier alpha value is -2.22. The zero-order valence-electron chi connectivity index (χ0n) is 21.4. The molecule has 0 spiro atoms. The molecule has 2 aromatic rings. The van der Waals surface area contributed by atoms with Crippen LogP contribution in [0.1, 0.15) is 36.8 Å². The number of para-hydroxylation sites is 1. The van der Waals surface area contributed by atoms with Crippen LogP contribution in [-0.2, 0) is 17.6 Å². The quantitative estimate of drug-likeness (QED) is 0.375. The van der Waals surface area contributed by atoms with E-state index < -0.39 is 0 Å². The Morgan fingerprint density at radius 1 is 1.08 bits per heavy atom. The first-order valence-corrected chi connectivity index (χ1v) is 14.7. The van der Waals surface area contributed by atoms with Crippen LogP contribution < -0.4 is 16.0 Å². The molecule has 1 saturated heterocycles. The first kappa shape index (κ1) is 27.8. The van der Waals surface area contributed by atoms with E-state index in [0.29, 0.717) is 17.5 Å². The smallest absolute Gasteiger partial charge is 0.276 e. The Kier molecular flexibility index (Phi) is 10.6. The van der Waals surface area contributed by atoms with Crippen LogP contribution in [0, 0.1) is 12.3 Å². The summed E-state index contributed by atoms with van der Waals surface area (Å²) in [5, 5.41) is 4.16. The summed E-state index contributed by atoms with van der Waals surface area (Å²) in [6.07, 6.45) is 8.17. The van der Waals surface area contributed by atoms with Crippen molar-refractivity contribution in [2.45, 2.75) is 44.6 Å². The Morgan fingerprint density at radius 3 is 2.51 bits per heavy atom. The fourth-order valence-corrected chi connectivity index (χ4v) is 5.65. The highest BCUT2D eigenvalue weighted by atomic mass is 35.5. The molecule has 1 unspecified atom stereocenters. The minimum Gasteiger partial charge on any atom is -0.368 e. The van der Waals surface area contributed by atoms with Gasteiger partial charge in [-0.3, -0.25) is 9.59 Å². The summed E-state index contributed by atoms with van der Waals surface area (Å²) >= 11 is 7.17. The molecule has 6 nitrogen and oxygen atoms in total. The number of nitrogens with one attached hydrogen (secondary N) is 1. The number of anilines is 1. The predicted molar refractivity (Wildman–Crippen MR) is 154 cm³/mol. The summed E-state index contributed by atoms with van der Waals surface area (Å²) in [5.41, 5.74) is 8.99. The van der Waals surface area contributed by atoms with Crippen LogP contribution >= 0.6 is 23.4 Å². The van der Waals surface area contributed by atoms with Crippen LogP contribution in [0.4, 0.5) is 10.5 Å². The summed E-state index contributed by atoms with van der Waals surface area (Å²) in [4.78, 5) is 28.2. The van der Waals surface area contributed by atoms with Crippen molar-refractivity contribution in [3.05, 3.63) is 71.1 Å². The standard InChI is InChI=1S/C29H38ClN4O2S/c30-25-10-7-22(8-11-25)9-12-28(35)34-18-16-33(17-19-34)27-4-2-1-3-24(27)13-15-32-26(21-23-5-6-23)14-20-37-29(31)36/h1-4,7-8,10-12,23,26,32H,5-6,9,13-21H2,(H2,31,36). The van der Waals surface area contributed by atoms with E-state index in [2.05, 4.69) is 34.5 Å². The fraction of sp³-hybridized carbons (Fsp3) is 0.483. The second-order valence-electron chi connectivity index (χ2n) is 10.0. The van der Waals surface area contributed by atoms with Crippen molar-refractivity contribution < 1.29 is 9.59 Å². The van der Waals surface area contributed by atoms with Crippen molar-refractivity contribution in [1.29, 1.82) is 0 Å². The minimum atomic E-state index is -0.291. The number of nitrogens with two attached hydrogens (primary N) is 1. The van der Waals surface area contributed by atoms with E-state index in [1.54, 1.807) is 6.42 Å². The maximum Gasteiger partial charge on any atom is 0.276 e. The zero-order valence-corrected chi connectivity index (χ0v) is 23.0. The maximum absolute atomic E-state index is 12.7. The zero-order chi connectivity index (χ0) is 26.0. The molecule has 1 aliphatic carbocycles. The van der Waals surface area contributed by atoms with Gasteiger partial charge >= 0.3 is 0 Å². The summed E-state index contributed by atoms with van der Waals surface area (Å²) in [7, 11) is 0. The molecule has 1 atom stereocenters. The molecule has 1 aliphatic heterocycles. The van der Waals surface area contributed by atoms with Crippen molar-refractivity contribution in [3.8, 4) is 0 Å². The number of nitrogens with zero attached hydrogens (tertiary/aromatic N) is 2. The van der Waals surface area contributed by atoms with E-state index in [0.717, 1.165) is 62.8 Å². The number of hydrogen-bond acceptors (Lipinski definition) is 5. The SMILES string of the molecule is NC(=O)SCCC(CC1CC1)NCCc1ccccc1N1CCN(C(=O)[CH]Cc2ccc(Cl)cc2)CC1. The third-order valence-corrected chi connectivity index (χ3v) is 8.18. The second kappa shape index (κ2) is 14.1. The lowest BCUT2D eigenvalue weighted by molar-refractivity contribution is -0.127. The van der Waals surface area contributed by atoms with Crippen LogP contribution in [0.5, 0.6) is 0 Å². The van der Waals surface area contributed by atoms with Gasteiger partial charge < -0.3 is 20.9 Å². The topological polar surface area (TPSA) is 78.7 Å². The molecule has 2 fully saturated rings.